The Morgan fingerprint density at radius 3 is 1.59 bits per heavy atom. The number of aryl methyl sites for hydroxylation is 1. The van der Waals surface area contributed by atoms with Gasteiger partial charge in [-0.2, -0.15) is 0 Å². The maximum absolute atomic E-state index is 14.7. The summed E-state index contributed by atoms with van der Waals surface area (Å²) in [5.74, 6) is -2.42. The van der Waals surface area contributed by atoms with E-state index < -0.39 is 23.6 Å². The first-order chi connectivity index (χ1) is 30.4. The molecule has 2 amide bonds. The van der Waals surface area contributed by atoms with Crippen molar-refractivity contribution in [3.63, 3.8) is 0 Å². The van der Waals surface area contributed by atoms with E-state index in [0.717, 1.165) is 23.5 Å². The Balaban J connectivity index is 0.982. The molecule has 324 valence electrons. The van der Waals surface area contributed by atoms with E-state index in [-0.39, 0.29) is 24.7 Å². The number of piperazine rings is 2. The highest BCUT2D eigenvalue weighted by Crippen LogP contribution is 2.32. The maximum Gasteiger partial charge on any atom is 0.317 e. The molecule has 10 nitrogen and oxygen atoms in total. The standard InChI is InChI=1S/C51H50F2N4O6/c1-5-34-9-6-7-12-45(34)55-19-23-57(24-20-55)51(61)49-33(3)38(26-36-14-16-40(53)30-44(36)49)28-47(59)63-46(58)27-37-25-35-13-15-39(52)29-43(35)48(32(37)2)50(60)56-21-17-54(18-22-56)41-10-8-11-42(31-41)62-4/h6-16,25-26,29-31H,5,17-24,27-28H2,1-4H3. The van der Waals surface area contributed by atoms with E-state index in [1.165, 1.54) is 29.8 Å². The van der Waals surface area contributed by atoms with Crippen molar-refractivity contribution in [3.05, 3.63) is 148 Å². The minimum absolute atomic E-state index is 0.256. The number of fused-ring (bicyclic) bond motifs is 2. The van der Waals surface area contributed by atoms with Gasteiger partial charge in [-0.1, -0.05) is 55.5 Å². The lowest BCUT2D eigenvalue weighted by Crippen LogP contribution is -2.49. The molecule has 2 fully saturated rings. The second kappa shape index (κ2) is 18.3. The lowest BCUT2D eigenvalue weighted by Gasteiger charge is -2.37. The summed E-state index contributed by atoms with van der Waals surface area (Å²) in [4.78, 5) is 63.6. The van der Waals surface area contributed by atoms with Crippen molar-refractivity contribution in [2.75, 3.05) is 69.3 Å². The zero-order chi connectivity index (χ0) is 44.4. The molecule has 2 heterocycles. The molecular weight excluding hydrogens is 803 g/mol. The number of hydrogen-bond acceptors (Lipinski definition) is 8. The summed E-state index contributed by atoms with van der Waals surface area (Å²) in [7, 11) is 1.62. The first-order valence-electron chi connectivity index (χ1n) is 21.4. The molecule has 0 atom stereocenters. The Labute approximate surface area is 365 Å². The Kier molecular flexibility index (Phi) is 12.4. The molecule has 12 heteroatoms. The van der Waals surface area contributed by atoms with Crippen molar-refractivity contribution in [2.45, 2.75) is 40.0 Å². The van der Waals surface area contributed by atoms with E-state index in [2.05, 4.69) is 28.9 Å². The lowest BCUT2D eigenvalue weighted by atomic mass is 9.92. The van der Waals surface area contributed by atoms with Crippen LogP contribution in [0, 0.1) is 25.5 Å². The molecule has 0 saturated carbocycles. The molecule has 2 aliphatic rings. The largest absolute Gasteiger partial charge is 0.497 e. The number of nitrogens with zero attached hydrogens (tertiary/aromatic N) is 4. The number of ether oxygens (including phenoxy) is 2. The third-order valence-corrected chi connectivity index (χ3v) is 12.5. The molecule has 2 aliphatic heterocycles. The van der Waals surface area contributed by atoms with Crippen molar-refractivity contribution < 1.29 is 37.4 Å². The minimum atomic E-state index is -0.825. The van der Waals surface area contributed by atoms with Gasteiger partial charge in [-0.15, -0.1) is 0 Å². The van der Waals surface area contributed by atoms with Gasteiger partial charge in [0.05, 0.1) is 31.1 Å². The second-order valence-corrected chi connectivity index (χ2v) is 16.2. The fourth-order valence-corrected chi connectivity index (χ4v) is 9.05. The third-order valence-electron chi connectivity index (χ3n) is 12.5. The van der Waals surface area contributed by atoms with Crippen LogP contribution in [0.2, 0.25) is 0 Å². The van der Waals surface area contributed by atoms with Crippen LogP contribution in [0.1, 0.15) is 55.5 Å². The van der Waals surface area contributed by atoms with Crippen LogP contribution in [0.15, 0.2) is 97.1 Å². The molecule has 0 spiro atoms. The van der Waals surface area contributed by atoms with Gasteiger partial charge in [0.2, 0.25) is 0 Å². The normalized spacial score (nSPS) is 14.3. The van der Waals surface area contributed by atoms with Crippen molar-refractivity contribution in [1.29, 1.82) is 0 Å². The molecule has 0 N–H and O–H groups in total. The summed E-state index contributed by atoms with van der Waals surface area (Å²) >= 11 is 0. The monoisotopic (exact) mass is 852 g/mol. The van der Waals surface area contributed by atoms with Gasteiger partial charge in [0.15, 0.2) is 0 Å². The fourth-order valence-electron chi connectivity index (χ4n) is 9.05. The van der Waals surface area contributed by atoms with Crippen LogP contribution >= 0.6 is 0 Å². The number of para-hydroxylation sites is 1. The Morgan fingerprint density at radius 1 is 0.571 bits per heavy atom. The van der Waals surface area contributed by atoms with Gasteiger partial charge in [0.25, 0.3) is 11.8 Å². The lowest BCUT2D eigenvalue weighted by molar-refractivity contribution is -0.158. The third kappa shape index (κ3) is 8.93. The number of halogens is 2. The molecule has 0 radical (unpaired) electrons. The van der Waals surface area contributed by atoms with E-state index in [1.54, 1.807) is 55.0 Å². The highest BCUT2D eigenvalue weighted by atomic mass is 19.1. The van der Waals surface area contributed by atoms with E-state index in [0.29, 0.717) is 107 Å². The second-order valence-electron chi connectivity index (χ2n) is 16.2. The zero-order valence-electron chi connectivity index (χ0n) is 36.0. The highest BCUT2D eigenvalue weighted by Gasteiger charge is 2.29. The summed E-state index contributed by atoms with van der Waals surface area (Å²) in [6.45, 7) is 9.76. The van der Waals surface area contributed by atoms with Gasteiger partial charge in [-0.3, -0.25) is 19.2 Å². The SMILES string of the molecule is CCc1ccccc1N1CCN(C(=O)c2c(C)c(CC(=O)OC(=O)Cc3cc4ccc(F)cc4c(C(=O)N4CCN(c5cccc(OC)c5)CC4)c3C)cc3ccc(F)cc23)CC1. The fraction of sp³-hybridized carbons (Fsp3) is 0.294. The number of methoxy groups -OCH3 is 1. The predicted octanol–water partition coefficient (Wildman–Crippen LogP) is 8.24. The van der Waals surface area contributed by atoms with Crippen LogP contribution in [0.3, 0.4) is 0 Å². The average Bonchev–Trinajstić information content (AvgIpc) is 3.29. The molecule has 2 saturated heterocycles. The molecule has 0 unspecified atom stereocenters. The molecule has 63 heavy (non-hydrogen) atoms. The summed E-state index contributed by atoms with van der Waals surface area (Å²) in [6, 6.07) is 27.9. The number of esters is 2. The zero-order valence-corrected chi connectivity index (χ0v) is 36.0. The number of anilines is 2. The highest BCUT2D eigenvalue weighted by molar-refractivity contribution is 6.10. The summed E-state index contributed by atoms with van der Waals surface area (Å²) < 4.78 is 40.2. The molecule has 8 rings (SSSR count). The topological polar surface area (TPSA) is 99.7 Å². The minimum Gasteiger partial charge on any atom is -0.497 e. The summed E-state index contributed by atoms with van der Waals surface area (Å²) in [5, 5.41) is 2.03. The van der Waals surface area contributed by atoms with Gasteiger partial charge in [-0.25, -0.2) is 8.78 Å². The summed E-state index contributed by atoms with van der Waals surface area (Å²) in [5.41, 5.74) is 5.94. The van der Waals surface area contributed by atoms with Gasteiger partial charge < -0.3 is 29.1 Å². The molecule has 0 bridgehead atoms. The molecular formula is C51H50F2N4O6. The number of benzene rings is 6. The number of hydrogen-bond donors (Lipinski definition) is 0. The molecule has 0 aromatic heterocycles. The van der Waals surface area contributed by atoms with Crippen LogP contribution in [-0.4, -0.2) is 93.0 Å². The van der Waals surface area contributed by atoms with Gasteiger partial charge in [-0.05, 0) is 112 Å². The van der Waals surface area contributed by atoms with E-state index >= 15 is 0 Å². The molecule has 0 aliphatic carbocycles. The van der Waals surface area contributed by atoms with Gasteiger partial charge in [0, 0.05) is 69.8 Å². The van der Waals surface area contributed by atoms with Crippen LogP contribution in [-0.2, 0) is 33.6 Å². The predicted molar refractivity (Wildman–Crippen MR) is 241 cm³/mol. The van der Waals surface area contributed by atoms with Crippen molar-refractivity contribution in [1.82, 2.24) is 9.80 Å². The van der Waals surface area contributed by atoms with Crippen molar-refractivity contribution in [2.24, 2.45) is 0 Å². The molecule has 6 aromatic carbocycles. The van der Waals surface area contributed by atoms with Crippen LogP contribution in [0.25, 0.3) is 21.5 Å². The first kappa shape index (κ1) is 42.9. The van der Waals surface area contributed by atoms with Crippen molar-refractivity contribution >= 4 is 56.7 Å². The Bertz CT molecular complexity index is 2760. The average molecular weight is 853 g/mol. The Hall–Kier alpha value is -6.82. The first-order valence-corrected chi connectivity index (χ1v) is 21.4. The van der Waals surface area contributed by atoms with Gasteiger partial charge in [0.1, 0.15) is 17.4 Å². The number of carbonyl (C=O) groups is 4. The molecule has 6 aromatic rings. The van der Waals surface area contributed by atoms with E-state index in [4.69, 9.17) is 9.47 Å². The Morgan fingerprint density at radius 2 is 1.08 bits per heavy atom. The van der Waals surface area contributed by atoms with E-state index in [1.807, 2.05) is 36.4 Å². The van der Waals surface area contributed by atoms with Crippen LogP contribution < -0.4 is 14.5 Å². The quantitative estimate of drug-likeness (QED) is 0.101. The maximum atomic E-state index is 14.7. The summed E-state index contributed by atoms with van der Waals surface area (Å²) in [6.07, 6.45) is 0.267. The number of rotatable bonds is 10. The number of carbonyl (C=O) groups excluding carboxylic acids is 4. The van der Waals surface area contributed by atoms with E-state index in [9.17, 15) is 28.0 Å². The smallest absolute Gasteiger partial charge is 0.317 e. The number of amides is 2. The van der Waals surface area contributed by atoms with Crippen molar-refractivity contribution in [3.8, 4) is 5.75 Å². The van der Waals surface area contributed by atoms with Gasteiger partial charge >= 0.3 is 11.9 Å². The van der Waals surface area contributed by atoms with Crippen LogP contribution in [0.5, 0.6) is 5.75 Å². The van der Waals surface area contributed by atoms with Crippen LogP contribution in [0.4, 0.5) is 20.2 Å².